The fourth-order valence-corrected chi connectivity index (χ4v) is 1.40. The number of hydrogen-bond donors (Lipinski definition) is 0. The van der Waals surface area contributed by atoms with Gasteiger partial charge in [-0.1, -0.05) is 13.8 Å². The summed E-state index contributed by atoms with van der Waals surface area (Å²) in [4.78, 5) is 0. The first-order chi connectivity index (χ1) is 5.83. The molecule has 0 aromatic carbocycles. The molecule has 0 saturated heterocycles. The minimum atomic E-state index is 0.786. The largest absolute Gasteiger partial charge is 0.337 e. The fourth-order valence-electron chi connectivity index (χ4n) is 1.40. The lowest BCUT2D eigenvalue weighted by Crippen LogP contribution is -2.03. The standard InChI is InChI=1S/C10H14N2/c1-3-7-12-9(4-2)5-6-10(12)8-11/h5-6H,3-4,7H2,1-2H3. The van der Waals surface area contributed by atoms with E-state index in [4.69, 9.17) is 5.26 Å². The average molecular weight is 162 g/mol. The number of hydrogen-bond acceptors (Lipinski definition) is 1. The van der Waals surface area contributed by atoms with E-state index in [1.807, 2.05) is 12.1 Å². The van der Waals surface area contributed by atoms with Crippen LogP contribution in [0.2, 0.25) is 0 Å². The van der Waals surface area contributed by atoms with Gasteiger partial charge in [-0.3, -0.25) is 0 Å². The summed E-state index contributed by atoms with van der Waals surface area (Å²) in [5, 5.41) is 8.78. The van der Waals surface area contributed by atoms with Crippen molar-refractivity contribution in [3.05, 3.63) is 23.5 Å². The summed E-state index contributed by atoms with van der Waals surface area (Å²) in [6, 6.07) is 6.13. The molecule has 64 valence electrons. The summed E-state index contributed by atoms with van der Waals surface area (Å²) in [6.45, 7) is 5.20. The Bertz CT molecular complexity index is 291. The first-order valence-corrected chi connectivity index (χ1v) is 4.42. The van der Waals surface area contributed by atoms with E-state index in [1.54, 1.807) is 0 Å². The van der Waals surface area contributed by atoms with Crippen LogP contribution in [-0.4, -0.2) is 4.57 Å². The van der Waals surface area contributed by atoms with E-state index in [0.717, 1.165) is 25.1 Å². The lowest BCUT2D eigenvalue weighted by atomic mass is 10.3. The third-order valence-electron chi connectivity index (χ3n) is 2.00. The molecule has 1 aromatic heterocycles. The summed E-state index contributed by atoms with van der Waals surface area (Å²) in [5.41, 5.74) is 2.04. The summed E-state index contributed by atoms with van der Waals surface area (Å²) in [7, 11) is 0. The minimum absolute atomic E-state index is 0.786. The van der Waals surface area contributed by atoms with Gasteiger partial charge in [0.15, 0.2) is 0 Å². The monoisotopic (exact) mass is 162 g/mol. The van der Waals surface area contributed by atoms with E-state index in [1.165, 1.54) is 5.69 Å². The molecule has 0 radical (unpaired) electrons. The molecular formula is C10H14N2. The molecule has 0 amide bonds. The number of nitriles is 1. The van der Waals surface area contributed by atoms with Gasteiger partial charge in [-0.25, -0.2) is 0 Å². The Morgan fingerprint density at radius 2 is 2.17 bits per heavy atom. The zero-order valence-electron chi connectivity index (χ0n) is 7.67. The maximum absolute atomic E-state index is 8.78. The second-order valence-electron chi connectivity index (χ2n) is 2.83. The molecule has 0 aliphatic carbocycles. The quantitative estimate of drug-likeness (QED) is 0.670. The summed E-state index contributed by atoms with van der Waals surface area (Å²) < 4.78 is 2.10. The molecule has 1 rings (SSSR count). The molecule has 2 nitrogen and oxygen atoms in total. The number of aromatic nitrogens is 1. The Balaban J connectivity index is 3.01. The zero-order valence-corrected chi connectivity index (χ0v) is 7.67. The lowest BCUT2D eigenvalue weighted by Gasteiger charge is -2.06. The Kier molecular flexibility index (Phi) is 2.93. The van der Waals surface area contributed by atoms with Gasteiger partial charge in [-0.05, 0) is 25.0 Å². The molecule has 0 aliphatic rings. The predicted octanol–water partition coefficient (Wildman–Crippen LogP) is 2.33. The summed E-state index contributed by atoms with van der Waals surface area (Å²) in [6.07, 6.45) is 2.08. The van der Waals surface area contributed by atoms with Crippen LogP contribution >= 0.6 is 0 Å². The third kappa shape index (κ3) is 1.50. The van der Waals surface area contributed by atoms with Gasteiger partial charge in [0.25, 0.3) is 0 Å². The van der Waals surface area contributed by atoms with Crippen LogP contribution in [0.5, 0.6) is 0 Å². The van der Waals surface area contributed by atoms with E-state index in [-0.39, 0.29) is 0 Å². The van der Waals surface area contributed by atoms with Crippen molar-refractivity contribution < 1.29 is 0 Å². The Morgan fingerprint density at radius 1 is 1.42 bits per heavy atom. The molecular weight excluding hydrogens is 148 g/mol. The molecule has 0 atom stereocenters. The van der Waals surface area contributed by atoms with Crippen LogP contribution in [0.25, 0.3) is 0 Å². The fraction of sp³-hybridized carbons (Fsp3) is 0.500. The molecule has 0 unspecified atom stereocenters. The van der Waals surface area contributed by atoms with Crippen LogP contribution in [0.15, 0.2) is 12.1 Å². The first-order valence-electron chi connectivity index (χ1n) is 4.42. The normalized spacial score (nSPS) is 9.75. The zero-order chi connectivity index (χ0) is 8.97. The molecule has 1 heterocycles. The van der Waals surface area contributed by atoms with Crippen molar-refractivity contribution in [3.63, 3.8) is 0 Å². The molecule has 1 aromatic rings. The molecule has 0 saturated carbocycles. The number of rotatable bonds is 3. The highest BCUT2D eigenvalue weighted by Gasteiger charge is 2.03. The van der Waals surface area contributed by atoms with Gasteiger partial charge < -0.3 is 4.57 Å². The lowest BCUT2D eigenvalue weighted by molar-refractivity contribution is 0.646. The first kappa shape index (κ1) is 8.86. The van der Waals surface area contributed by atoms with Crippen LogP contribution in [0.3, 0.4) is 0 Å². The van der Waals surface area contributed by atoms with Gasteiger partial charge in [0, 0.05) is 12.2 Å². The van der Waals surface area contributed by atoms with Crippen molar-refractivity contribution in [2.45, 2.75) is 33.2 Å². The van der Waals surface area contributed by atoms with Crippen LogP contribution < -0.4 is 0 Å². The van der Waals surface area contributed by atoms with E-state index in [9.17, 15) is 0 Å². The van der Waals surface area contributed by atoms with Crippen molar-refractivity contribution in [2.24, 2.45) is 0 Å². The highest BCUT2D eigenvalue weighted by molar-refractivity contribution is 5.27. The van der Waals surface area contributed by atoms with Crippen LogP contribution in [0, 0.1) is 11.3 Å². The Labute approximate surface area is 73.4 Å². The van der Waals surface area contributed by atoms with Gasteiger partial charge in [-0.15, -0.1) is 0 Å². The highest BCUT2D eigenvalue weighted by Crippen LogP contribution is 2.09. The predicted molar refractivity (Wildman–Crippen MR) is 48.8 cm³/mol. The van der Waals surface area contributed by atoms with Crippen LogP contribution in [0.4, 0.5) is 0 Å². The topological polar surface area (TPSA) is 28.7 Å². The van der Waals surface area contributed by atoms with Crippen molar-refractivity contribution >= 4 is 0 Å². The Hall–Kier alpha value is -1.23. The second-order valence-corrected chi connectivity index (χ2v) is 2.83. The van der Waals surface area contributed by atoms with Gasteiger partial charge in [-0.2, -0.15) is 5.26 Å². The van der Waals surface area contributed by atoms with Gasteiger partial charge in [0.2, 0.25) is 0 Å². The number of nitrogens with zero attached hydrogens (tertiary/aromatic N) is 2. The van der Waals surface area contributed by atoms with Crippen LogP contribution in [-0.2, 0) is 13.0 Å². The third-order valence-corrected chi connectivity index (χ3v) is 2.00. The average Bonchev–Trinajstić information content (AvgIpc) is 2.48. The molecule has 2 heteroatoms. The maximum Gasteiger partial charge on any atom is 0.120 e. The van der Waals surface area contributed by atoms with Gasteiger partial charge in [0.05, 0.1) is 0 Å². The SMILES string of the molecule is CCCn1c(C#N)ccc1CC. The maximum atomic E-state index is 8.78. The second kappa shape index (κ2) is 3.96. The summed E-state index contributed by atoms with van der Waals surface area (Å²) >= 11 is 0. The van der Waals surface area contributed by atoms with Gasteiger partial charge in [0.1, 0.15) is 11.8 Å². The highest BCUT2D eigenvalue weighted by atomic mass is 15.0. The smallest absolute Gasteiger partial charge is 0.120 e. The van der Waals surface area contributed by atoms with E-state index in [0.29, 0.717) is 0 Å². The van der Waals surface area contributed by atoms with E-state index < -0.39 is 0 Å². The Morgan fingerprint density at radius 3 is 2.67 bits per heavy atom. The molecule has 0 N–H and O–H groups in total. The molecule has 0 bridgehead atoms. The molecule has 0 fully saturated rings. The molecule has 0 aliphatic heterocycles. The number of aryl methyl sites for hydroxylation is 1. The van der Waals surface area contributed by atoms with Crippen molar-refractivity contribution in [3.8, 4) is 6.07 Å². The van der Waals surface area contributed by atoms with E-state index >= 15 is 0 Å². The van der Waals surface area contributed by atoms with Crippen molar-refractivity contribution in [2.75, 3.05) is 0 Å². The van der Waals surface area contributed by atoms with Crippen molar-refractivity contribution in [1.29, 1.82) is 5.26 Å². The van der Waals surface area contributed by atoms with Crippen LogP contribution in [0.1, 0.15) is 31.7 Å². The molecule has 12 heavy (non-hydrogen) atoms. The van der Waals surface area contributed by atoms with Gasteiger partial charge >= 0.3 is 0 Å². The van der Waals surface area contributed by atoms with E-state index in [2.05, 4.69) is 24.5 Å². The minimum Gasteiger partial charge on any atom is -0.337 e. The molecule has 0 spiro atoms. The summed E-state index contributed by atoms with van der Waals surface area (Å²) in [5.74, 6) is 0. The van der Waals surface area contributed by atoms with Crippen molar-refractivity contribution in [1.82, 2.24) is 4.57 Å².